The average Bonchev–Trinajstić information content (AvgIpc) is 3.41. The third-order valence-electron chi connectivity index (χ3n) is 5.04. The highest BCUT2D eigenvalue weighted by Crippen LogP contribution is 2.29. The number of rotatable bonds is 8. The largest absolute Gasteiger partial charge is 0.444 e. The maximum absolute atomic E-state index is 13.0. The minimum atomic E-state index is -0.958. The number of amides is 1. The Hall–Kier alpha value is -2.31. The molecule has 2 aliphatic rings. The standard InChI is InChI=1S/C23H25NO4S/c25-22(24-17-12-13-17)21(16-7-2-1-3-8-16)28-23(26)19-10-4-5-11-20(19)29-15-18-9-6-14-27-18/h1-5,7-8,10-11,17-18,21H,6,9,12-15H2,(H,24,25)/t18-,21+/m1/s1. The summed E-state index contributed by atoms with van der Waals surface area (Å²) in [5.41, 5.74) is 1.15. The van der Waals surface area contributed by atoms with Crippen molar-refractivity contribution in [2.75, 3.05) is 12.4 Å². The number of benzene rings is 2. The third kappa shape index (κ3) is 5.40. The van der Waals surface area contributed by atoms with Crippen LogP contribution in [0.25, 0.3) is 0 Å². The van der Waals surface area contributed by atoms with Gasteiger partial charge in [-0.15, -0.1) is 11.8 Å². The third-order valence-corrected chi connectivity index (χ3v) is 6.25. The van der Waals surface area contributed by atoms with Crippen molar-refractivity contribution in [2.45, 2.75) is 48.8 Å². The Kier molecular flexibility index (Phi) is 6.52. The Bertz CT molecular complexity index is 847. The fourth-order valence-electron chi connectivity index (χ4n) is 3.30. The number of esters is 1. The molecule has 1 amide bonds. The van der Waals surface area contributed by atoms with E-state index in [0.717, 1.165) is 42.9 Å². The molecule has 1 saturated carbocycles. The van der Waals surface area contributed by atoms with Gasteiger partial charge in [-0.2, -0.15) is 0 Å². The smallest absolute Gasteiger partial charge is 0.340 e. The van der Waals surface area contributed by atoms with E-state index in [-0.39, 0.29) is 18.1 Å². The first-order valence-electron chi connectivity index (χ1n) is 10.1. The van der Waals surface area contributed by atoms with E-state index in [0.29, 0.717) is 11.1 Å². The van der Waals surface area contributed by atoms with Crippen LogP contribution in [0.4, 0.5) is 0 Å². The molecule has 1 heterocycles. The summed E-state index contributed by atoms with van der Waals surface area (Å²) in [5.74, 6) is 0.0472. The predicted molar refractivity (Wildman–Crippen MR) is 112 cm³/mol. The van der Waals surface area contributed by atoms with Gasteiger partial charge in [-0.05, 0) is 37.8 Å². The van der Waals surface area contributed by atoms with E-state index in [4.69, 9.17) is 9.47 Å². The maximum atomic E-state index is 13.0. The molecule has 6 heteroatoms. The number of ether oxygens (including phenoxy) is 2. The van der Waals surface area contributed by atoms with E-state index >= 15 is 0 Å². The van der Waals surface area contributed by atoms with Crippen LogP contribution in [0.3, 0.4) is 0 Å². The van der Waals surface area contributed by atoms with Gasteiger partial charge in [0.05, 0.1) is 11.7 Å². The second kappa shape index (κ2) is 9.46. The van der Waals surface area contributed by atoms with Crippen LogP contribution >= 0.6 is 11.8 Å². The lowest BCUT2D eigenvalue weighted by Gasteiger charge is -2.19. The highest BCUT2D eigenvalue weighted by molar-refractivity contribution is 7.99. The fraction of sp³-hybridized carbons (Fsp3) is 0.391. The van der Waals surface area contributed by atoms with Crippen molar-refractivity contribution in [3.8, 4) is 0 Å². The molecule has 2 aromatic carbocycles. The second-order valence-corrected chi connectivity index (χ2v) is 8.48. The Morgan fingerprint density at radius 1 is 1.07 bits per heavy atom. The molecule has 5 nitrogen and oxygen atoms in total. The molecule has 0 aromatic heterocycles. The van der Waals surface area contributed by atoms with Gasteiger partial charge in [0.1, 0.15) is 0 Å². The van der Waals surface area contributed by atoms with E-state index in [1.807, 2.05) is 48.5 Å². The molecule has 152 valence electrons. The molecule has 0 radical (unpaired) electrons. The monoisotopic (exact) mass is 411 g/mol. The molecule has 2 aromatic rings. The van der Waals surface area contributed by atoms with Crippen molar-refractivity contribution < 1.29 is 19.1 Å². The lowest BCUT2D eigenvalue weighted by atomic mass is 10.1. The van der Waals surface area contributed by atoms with Gasteiger partial charge in [0, 0.05) is 28.9 Å². The van der Waals surface area contributed by atoms with Gasteiger partial charge in [-0.3, -0.25) is 4.79 Å². The quantitative estimate of drug-likeness (QED) is 0.523. The number of nitrogens with one attached hydrogen (secondary N) is 1. The molecule has 2 fully saturated rings. The van der Waals surface area contributed by atoms with Gasteiger partial charge >= 0.3 is 5.97 Å². The molecule has 4 rings (SSSR count). The van der Waals surface area contributed by atoms with Crippen molar-refractivity contribution in [3.63, 3.8) is 0 Å². The highest BCUT2D eigenvalue weighted by atomic mass is 32.2. The maximum Gasteiger partial charge on any atom is 0.340 e. The SMILES string of the molecule is O=C(O[C@H](C(=O)NC1CC1)c1ccccc1)c1ccccc1SC[C@H]1CCCO1. The predicted octanol–water partition coefficient (Wildman–Crippen LogP) is 4.13. The Balaban J connectivity index is 1.48. The molecule has 2 atom stereocenters. The lowest BCUT2D eigenvalue weighted by Crippen LogP contribution is -2.33. The van der Waals surface area contributed by atoms with Crippen LogP contribution in [0.15, 0.2) is 59.5 Å². The molecule has 1 N–H and O–H groups in total. The summed E-state index contributed by atoms with van der Waals surface area (Å²) in [6.45, 7) is 0.809. The number of hydrogen-bond donors (Lipinski definition) is 1. The highest BCUT2D eigenvalue weighted by Gasteiger charge is 2.31. The summed E-state index contributed by atoms with van der Waals surface area (Å²) in [6, 6.07) is 16.7. The Morgan fingerprint density at radius 2 is 1.83 bits per heavy atom. The van der Waals surface area contributed by atoms with E-state index in [9.17, 15) is 9.59 Å². The first-order valence-corrected chi connectivity index (χ1v) is 11.1. The Labute approximate surface area is 175 Å². The van der Waals surface area contributed by atoms with E-state index in [1.54, 1.807) is 17.8 Å². The van der Waals surface area contributed by atoms with Gasteiger partial charge < -0.3 is 14.8 Å². The second-order valence-electron chi connectivity index (χ2n) is 7.42. The van der Waals surface area contributed by atoms with Gasteiger partial charge in [0.25, 0.3) is 5.91 Å². The molecular formula is C23H25NO4S. The zero-order chi connectivity index (χ0) is 20.1. The van der Waals surface area contributed by atoms with Crippen molar-refractivity contribution in [1.82, 2.24) is 5.32 Å². The molecule has 1 saturated heterocycles. The summed E-state index contributed by atoms with van der Waals surface area (Å²) in [4.78, 5) is 26.6. The van der Waals surface area contributed by atoms with Crippen LogP contribution < -0.4 is 5.32 Å². The van der Waals surface area contributed by atoms with Gasteiger partial charge in [-0.25, -0.2) is 4.79 Å². The van der Waals surface area contributed by atoms with Crippen LogP contribution in [-0.2, 0) is 14.3 Å². The zero-order valence-electron chi connectivity index (χ0n) is 16.2. The van der Waals surface area contributed by atoms with E-state index in [2.05, 4.69) is 5.32 Å². The molecule has 0 unspecified atom stereocenters. The number of carbonyl (C=O) groups excluding carboxylic acids is 2. The average molecular weight is 412 g/mol. The normalized spacial score (nSPS) is 19.5. The number of hydrogen-bond acceptors (Lipinski definition) is 5. The molecule has 0 bridgehead atoms. The van der Waals surface area contributed by atoms with Crippen molar-refractivity contribution in [1.29, 1.82) is 0 Å². The van der Waals surface area contributed by atoms with Crippen molar-refractivity contribution in [3.05, 3.63) is 65.7 Å². The van der Waals surface area contributed by atoms with Crippen LogP contribution in [0.1, 0.15) is 47.7 Å². The van der Waals surface area contributed by atoms with Crippen LogP contribution in [-0.4, -0.2) is 36.4 Å². The summed E-state index contributed by atoms with van der Waals surface area (Å²) in [7, 11) is 0. The van der Waals surface area contributed by atoms with Crippen LogP contribution in [0, 0.1) is 0 Å². The zero-order valence-corrected chi connectivity index (χ0v) is 17.0. The summed E-state index contributed by atoms with van der Waals surface area (Å²) in [5, 5.41) is 2.95. The number of carbonyl (C=O) groups is 2. The molecule has 1 aliphatic heterocycles. The molecule has 1 aliphatic carbocycles. The minimum Gasteiger partial charge on any atom is -0.444 e. The number of thioether (sulfide) groups is 1. The lowest BCUT2D eigenvalue weighted by molar-refractivity contribution is -0.130. The van der Waals surface area contributed by atoms with Gasteiger partial charge in [0.2, 0.25) is 6.10 Å². The van der Waals surface area contributed by atoms with Crippen molar-refractivity contribution in [2.24, 2.45) is 0 Å². The van der Waals surface area contributed by atoms with E-state index < -0.39 is 12.1 Å². The summed E-state index contributed by atoms with van der Waals surface area (Å²) in [6.07, 6.45) is 3.36. The topological polar surface area (TPSA) is 64.6 Å². The summed E-state index contributed by atoms with van der Waals surface area (Å²) >= 11 is 1.60. The Morgan fingerprint density at radius 3 is 2.55 bits per heavy atom. The first-order chi connectivity index (χ1) is 14.2. The first kappa shape index (κ1) is 20.0. The van der Waals surface area contributed by atoms with Gasteiger partial charge in [-0.1, -0.05) is 42.5 Å². The van der Waals surface area contributed by atoms with Crippen LogP contribution in [0.5, 0.6) is 0 Å². The fourth-order valence-corrected chi connectivity index (χ4v) is 4.41. The van der Waals surface area contributed by atoms with E-state index in [1.165, 1.54) is 0 Å². The molecule has 0 spiro atoms. The molecule has 29 heavy (non-hydrogen) atoms. The van der Waals surface area contributed by atoms with Crippen LogP contribution in [0.2, 0.25) is 0 Å². The molecular weight excluding hydrogens is 386 g/mol. The summed E-state index contributed by atoms with van der Waals surface area (Å²) < 4.78 is 11.4. The van der Waals surface area contributed by atoms with Gasteiger partial charge in [0.15, 0.2) is 0 Å². The van der Waals surface area contributed by atoms with Crippen molar-refractivity contribution >= 4 is 23.6 Å². The minimum absolute atomic E-state index is 0.196.